The molecule has 2 N–H and O–H groups in total. The Morgan fingerprint density at radius 3 is 2.94 bits per heavy atom. The van der Waals surface area contributed by atoms with E-state index in [0.29, 0.717) is 4.47 Å². The molecule has 0 aliphatic carbocycles. The lowest BCUT2D eigenvalue weighted by Crippen LogP contribution is -2.26. The Balaban J connectivity index is 2.11. The Labute approximate surface area is 108 Å². The van der Waals surface area contributed by atoms with Gasteiger partial charge in [-0.25, -0.2) is 0 Å². The van der Waals surface area contributed by atoms with Crippen molar-refractivity contribution in [2.45, 2.75) is 19.0 Å². The highest BCUT2D eigenvalue weighted by Crippen LogP contribution is 2.26. The van der Waals surface area contributed by atoms with Crippen molar-refractivity contribution in [1.82, 2.24) is 4.90 Å². The Hall–Kier alpha value is -0.980. The van der Waals surface area contributed by atoms with Crippen LogP contribution in [0.5, 0.6) is 0 Å². The van der Waals surface area contributed by atoms with E-state index in [1.165, 1.54) is 0 Å². The first-order valence-electron chi connectivity index (χ1n) is 5.47. The normalized spacial score (nSPS) is 20.7. The molecule has 1 aromatic rings. The molecular weight excluding hydrogens is 286 g/mol. The van der Waals surface area contributed by atoms with E-state index in [-0.39, 0.29) is 16.7 Å². The summed E-state index contributed by atoms with van der Waals surface area (Å²) in [5.41, 5.74) is 6.89. The second-order valence-corrected chi connectivity index (χ2v) is 5.18. The summed E-state index contributed by atoms with van der Waals surface area (Å²) in [4.78, 5) is 12.7. The first-order valence-corrected chi connectivity index (χ1v) is 6.26. The Kier molecular flexibility index (Phi) is 3.76. The first kappa shape index (κ1) is 12.5. The number of rotatable bonds is 3. The van der Waals surface area contributed by atoms with Crippen LogP contribution in [0.15, 0.2) is 22.7 Å². The smallest absolute Gasteiger partial charge is 0.283 e. The average molecular weight is 300 g/mol. The monoisotopic (exact) mass is 299 g/mol. The van der Waals surface area contributed by atoms with Gasteiger partial charge in [-0.2, -0.15) is 0 Å². The van der Waals surface area contributed by atoms with Crippen LogP contribution in [0.4, 0.5) is 5.69 Å². The molecule has 0 unspecified atom stereocenters. The highest BCUT2D eigenvalue weighted by Gasteiger charge is 2.20. The van der Waals surface area contributed by atoms with Crippen LogP contribution in [-0.4, -0.2) is 29.0 Å². The first-order chi connectivity index (χ1) is 8.06. The van der Waals surface area contributed by atoms with Crippen LogP contribution in [0.2, 0.25) is 0 Å². The fourth-order valence-corrected chi connectivity index (χ4v) is 2.45. The van der Waals surface area contributed by atoms with Crippen LogP contribution in [-0.2, 0) is 6.54 Å². The Bertz CT molecular complexity index is 439. The molecule has 5 nitrogen and oxygen atoms in total. The summed E-state index contributed by atoms with van der Waals surface area (Å²) in [6.07, 6.45) is 0.999. The lowest BCUT2D eigenvalue weighted by atomic mass is 10.2. The van der Waals surface area contributed by atoms with Gasteiger partial charge in [-0.15, -0.1) is 0 Å². The molecule has 2 rings (SSSR count). The van der Waals surface area contributed by atoms with Crippen LogP contribution in [0.1, 0.15) is 12.0 Å². The molecule has 6 heteroatoms. The summed E-state index contributed by atoms with van der Waals surface area (Å²) in [6, 6.07) is 5.48. The summed E-state index contributed by atoms with van der Waals surface area (Å²) in [5.74, 6) is 0. The minimum Gasteiger partial charge on any atom is -0.326 e. The maximum atomic E-state index is 10.8. The Morgan fingerprint density at radius 1 is 1.59 bits per heavy atom. The van der Waals surface area contributed by atoms with Crippen molar-refractivity contribution in [3.63, 3.8) is 0 Å². The number of halogens is 1. The number of nitro groups is 1. The van der Waals surface area contributed by atoms with Crippen molar-refractivity contribution in [1.29, 1.82) is 0 Å². The van der Waals surface area contributed by atoms with Crippen molar-refractivity contribution < 1.29 is 4.92 Å². The van der Waals surface area contributed by atoms with Crippen molar-refractivity contribution >= 4 is 21.6 Å². The fraction of sp³-hybridized carbons (Fsp3) is 0.455. The third-order valence-electron chi connectivity index (χ3n) is 2.92. The summed E-state index contributed by atoms with van der Waals surface area (Å²) in [7, 11) is 0. The maximum absolute atomic E-state index is 10.8. The third kappa shape index (κ3) is 3.02. The molecule has 1 aliphatic heterocycles. The number of likely N-dealkylation sites (tertiary alicyclic amines) is 1. The van der Waals surface area contributed by atoms with Gasteiger partial charge in [-0.05, 0) is 34.0 Å². The van der Waals surface area contributed by atoms with Gasteiger partial charge in [0, 0.05) is 31.7 Å². The summed E-state index contributed by atoms with van der Waals surface area (Å²) < 4.78 is 0.518. The van der Waals surface area contributed by atoms with Crippen LogP contribution in [0, 0.1) is 10.1 Å². The number of nitrogens with two attached hydrogens (primary N) is 1. The van der Waals surface area contributed by atoms with Crippen LogP contribution < -0.4 is 5.73 Å². The van der Waals surface area contributed by atoms with E-state index in [1.807, 2.05) is 6.07 Å². The number of hydrogen-bond acceptors (Lipinski definition) is 4. The highest BCUT2D eigenvalue weighted by molar-refractivity contribution is 9.10. The molecule has 92 valence electrons. The molecular formula is C11H14BrN3O2. The number of nitrogens with zero attached hydrogens (tertiary/aromatic N) is 2. The van der Waals surface area contributed by atoms with E-state index in [4.69, 9.17) is 5.73 Å². The molecule has 0 amide bonds. The molecule has 17 heavy (non-hydrogen) atoms. The highest BCUT2D eigenvalue weighted by atomic mass is 79.9. The molecule has 1 aliphatic rings. The largest absolute Gasteiger partial charge is 0.326 e. The van der Waals surface area contributed by atoms with Gasteiger partial charge in [0.1, 0.15) is 0 Å². The Morgan fingerprint density at radius 2 is 2.35 bits per heavy atom. The zero-order chi connectivity index (χ0) is 12.4. The molecule has 0 saturated carbocycles. The number of hydrogen-bond donors (Lipinski definition) is 1. The van der Waals surface area contributed by atoms with Crippen LogP contribution in [0.3, 0.4) is 0 Å². The minimum atomic E-state index is -0.372. The summed E-state index contributed by atoms with van der Waals surface area (Å²) in [5, 5.41) is 10.8. The molecule has 0 aromatic heterocycles. The minimum absolute atomic E-state index is 0.117. The van der Waals surface area contributed by atoms with Crippen molar-refractivity contribution in [3.05, 3.63) is 38.3 Å². The lowest BCUT2D eigenvalue weighted by molar-refractivity contribution is -0.385. The quantitative estimate of drug-likeness (QED) is 0.683. The third-order valence-corrected chi connectivity index (χ3v) is 3.59. The lowest BCUT2D eigenvalue weighted by Gasteiger charge is -2.14. The number of nitro benzene ring substituents is 1. The zero-order valence-corrected chi connectivity index (χ0v) is 10.9. The van der Waals surface area contributed by atoms with Gasteiger partial charge in [0.15, 0.2) is 0 Å². The van der Waals surface area contributed by atoms with Crippen LogP contribution >= 0.6 is 15.9 Å². The number of benzene rings is 1. The van der Waals surface area contributed by atoms with E-state index < -0.39 is 0 Å². The van der Waals surface area contributed by atoms with E-state index in [0.717, 1.165) is 31.6 Å². The molecule has 1 heterocycles. The topological polar surface area (TPSA) is 72.4 Å². The van der Waals surface area contributed by atoms with Crippen molar-refractivity contribution in [2.75, 3.05) is 13.1 Å². The molecule has 0 radical (unpaired) electrons. The molecule has 1 fully saturated rings. The van der Waals surface area contributed by atoms with Crippen molar-refractivity contribution in [2.24, 2.45) is 5.73 Å². The summed E-state index contributed by atoms with van der Waals surface area (Å²) >= 11 is 3.18. The molecule has 1 saturated heterocycles. The predicted octanol–water partition coefficient (Wildman–Crippen LogP) is 1.89. The van der Waals surface area contributed by atoms with Gasteiger partial charge in [-0.1, -0.05) is 6.07 Å². The predicted molar refractivity (Wildman–Crippen MR) is 68.7 cm³/mol. The van der Waals surface area contributed by atoms with Gasteiger partial charge in [0.05, 0.1) is 9.40 Å². The van der Waals surface area contributed by atoms with Gasteiger partial charge in [-0.3, -0.25) is 15.0 Å². The van der Waals surface area contributed by atoms with Gasteiger partial charge < -0.3 is 5.73 Å². The average Bonchev–Trinajstić information content (AvgIpc) is 2.66. The van der Waals surface area contributed by atoms with Gasteiger partial charge >= 0.3 is 0 Å². The van der Waals surface area contributed by atoms with E-state index >= 15 is 0 Å². The van der Waals surface area contributed by atoms with E-state index in [1.54, 1.807) is 12.1 Å². The molecule has 0 spiro atoms. The molecule has 1 atom stereocenters. The standard InChI is InChI=1S/C11H14BrN3O2/c12-10-2-1-8(5-11(10)15(16)17)6-14-4-3-9(13)7-14/h1-2,5,9H,3-4,6-7,13H2/t9-/m0/s1. The van der Waals surface area contributed by atoms with Crippen LogP contribution in [0.25, 0.3) is 0 Å². The second-order valence-electron chi connectivity index (χ2n) is 4.33. The summed E-state index contributed by atoms with van der Waals surface area (Å²) in [6.45, 7) is 2.55. The maximum Gasteiger partial charge on any atom is 0.283 e. The molecule has 0 bridgehead atoms. The zero-order valence-electron chi connectivity index (χ0n) is 9.30. The second kappa shape index (κ2) is 5.12. The van der Waals surface area contributed by atoms with Crippen molar-refractivity contribution in [3.8, 4) is 0 Å². The SMILES string of the molecule is N[C@H]1CCN(Cc2ccc(Br)c([N+](=O)[O-])c2)C1. The van der Waals surface area contributed by atoms with Gasteiger partial charge in [0.2, 0.25) is 0 Å². The molecule has 1 aromatic carbocycles. The van der Waals surface area contributed by atoms with E-state index in [2.05, 4.69) is 20.8 Å². The fourth-order valence-electron chi connectivity index (χ4n) is 2.06. The van der Waals surface area contributed by atoms with Gasteiger partial charge in [0.25, 0.3) is 5.69 Å². The van der Waals surface area contributed by atoms with E-state index in [9.17, 15) is 10.1 Å².